The van der Waals surface area contributed by atoms with E-state index in [4.69, 9.17) is 9.47 Å². The highest BCUT2D eigenvalue weighted by atomic mass is 32.2. The van der Waals surface area contributed by atoms with Crippen molar-refractivity contribution in [3.8, 4) is 5.75 Å². The van der Waals surface area contributed by atoms with Gasteiger partial charge in [0.25, 0.3) is 0 Å². The van der Waals surface area contributed by atoms with Gasteiger partial charge in [0.2, 0.25) is 17.7 Å². The number of ether oxygens (including phenoxy) is 2. The molecule has 4 N–H and O–H groups in total. The number of benzene rings is 2. The molecule has 0 heterocycles. The number of carbonyl (C=O) groups is 4. The molecule has 0 spiro atoms. The summed E-state index contributed by atoms with van der Waals surface area (Å²) >= 11 is 1.57. The van der Waals surface area contributed by atoms with Gasteiger partial charge in [-0.2, -0.15) is 11.8 Å². The highest BCUT2D eigenvalue weighted by molar-refractivity contribution is 7.98. The van der Waals surface area contributed by atoms with Crippen molar-refractivity contribution in [2.75, 3.05) is 23.9 Å². The van der Waals surface area contributed by atoms with E-state index in [1.165, 1.54) is 0 Å². The molecule has 4 amide bonds. The number of alkyl carbamates (subject to hydrolysis) is 1. The summed E-state index contributed by atoms with van der Waals surface area (Å²) in [5.74, 6) is 1.01. The SMILES string of the molecule is CSCC[C@@H](NC(=O)[C@H](Cc1ccc(OC(C)(C)C)cc1)NC(=O)OC(C)(C)C)C(=O)Nc1ccccc1CCCC(=O)NCCC(C)C. The van der Waals surface area contributed by atoms with Gasteiger partial charge in [-0.05, 0) is 114 Å². The quantitative estimate of drug-likeness (QED) is 0.137. The minimum absolute atomic E-state index is 0.0192. The minimum atomic E-state index is -1.01. The lowest BCUT2D eigenvalue weighted by Gasteiger charge is -2.26. The molecule has 0 saturated carbocycles. The zero-order chi connectivity index (χ0) is 36.6. The fourth-order valence-electron chi connectivity index (χ4n) is 4.83. The molecular formula is C38H58N4O6S. The first-order chi connectivity index (χ1) is 23.0. The molecule has 0 aliphatic carbocycles. The van der Waals surface area contributed by atoms with Crippen LogP contribution in [0.1, 0.15) is 92.2 Å². The maximum absolute atomic E-state index is 13.8. The fraction of sp³-hybridized carbons (Fsp3) is 0.579. The summed E-state index contributed by atoms with van der Waals surface area (Å²) in [4.78, 5) is 52.6. The van der Waals surface area contributed by atoms with Crippen LogP contribution in [0.4, 0.5) is 10.5 Å². The summed E-state index contributed by atoms with van der Waals surface area (Å²) in [5.41, 5.74) is 1.22. The molecule has 272 valence electrons. The molecule has 2 atom stereocenters. The third-order valence-electron chi connectivity index (χ3n) is 7.21. The average Bonchev–Trinajstić information content (AvgIpc) is 2.98. The van der Waals surface area contributed by atoms with Crippen LogP contribution in [0.25, 0.3) is 0 Å². The van der Waals surface area contributed by atoms with Crippen molar-refractivity contribution < 1.29 is 28.7 Å². The van der Waals surface area contributed by atoms with Gasteiger partial charge in [-0.1, -0.05) is 44.2 Å². The van der Waals surface area contributed by atoms with Crippen LogP contribution in [-0.2, 0) is 32.0 Å². The molecule has 0 fully saturated rings. The molecule has 0 radical (unpaired) electrons. The van der Waals surface area contributed by atoms with Gasteiger partial charge in [0, 0.05) is 25.1 Å². The van der Waals surface area contributed by atoms with Crippen molar-refractivity contribution in [1.29, 1.82) is 0 Å². The molecule has 10 nitrogen and oxygen atoms in total. The van der Waals surface area contributed by atoms with Crippen LogP contribution < -0.4 is 26.0 Å². The van der Waals surface area contributed by atoms with E-state index in [1.54, 1.807) is 32.5 Å². The molecule has 11 heteroatoms. The number of para-hydroxylation sites is 1. The first-order valence-electron chi connectivity index (χ1n) is 17.2. The molecule has 2 rings (SSSR count). The first-order valence-corrected chi connectivity index (χ1v) is 18.6. The Bertz CT molecular complexity index is 1350. The number of aryl methyl sites for hydroxylation is 1. The standard InChI is InChI=1S/C38H58N4O6S/c1-26(2)21-23-39-33(43)16-12-14-28-13-10-11-15-30(28)40-34(44)31(22-24-49-9)41-35(45)32(42-36(46)48-38(6,7)8)25-27-17-19-29(20-18-27)47-37(3,4)5/h10-11,13,15,17-20,26,31-32H,12,14,16,21-25H2,1-9H3,(H,39,43)(H,40,44)(H,41,45)(H,42,46)/t31-,32+/m1/s1. The monoisotopic (exact) mass is 698 g/mol. The Morgan fingerprint density at radius 3 is 2.10 bits per heavy atom. The van der Waals surface area contributed by atoms with Crippen molar-refractivity contribution >= 4 is 41.3 Å². The van der Waals surface area contributed by atoms with Gasteiger partial charge in [-0.3, -0.25) is 14.4 Å². The van der Waals surface area contributed by atoms with E-state index < -0.39 is 29.7 Å². The lowest BCUT2D eigenvalue weighted by atomic mass is 10.0. The van der Waals surface area contributed by atoms with E-state index in [0.29, 0.717) is 55.3 Å². The lowest BCUT2D eigenvalue weighted by Crippen LogP contribution is -2.54. The number of carbonyl (C=O) groups excluding carboxylic acids is 4. The highest BCUT2D eigenvalue weighted by Gasteiger charge is 2.29. The zero-order valence-corrected chi connectivity index (χ0v) is 31.7. The fourth-order valence-corrected chi connectivity index (χ4v) is 5.30. The molecule has 0 aliphatic heterocycles. The molecule has 0 saturated heterocycles. The smallest absolute Gasteiger partial charge is 0.408 e. The molecule has 2 aromatic rings. The molecule has 0 aliphatic rings. The van der Waals surface area contributed by atoms with E-state index in [1.807, 2.05) is 75.6 Å². The molecule has 0 unspecified atom stereocenters. The normalized spacial score (nSPS) is 12.9. The second kappa shape index (κ2) is 20.1. The zero-order valence-electron chi connectivity index (χ0n) is 30.9. The lowest BCUT2D eigenvalue weighted by molar-refractivity contribution is -0.127. The second-order valence-corrected chi connectivity index (χ2v) is 15.6. The molecule has 49 heavy (non-hydrogen) atoms. The summed E-state index contributed by atoms with van der Waals surface area (Å²) in [6.45, 7) is 16.0. The Morgan fingerprint density at radius 1 is 0.816 bits per heavy atom. The Balaban J connectivity index is 2.18. The molecule has 0 bridgehead atoms. The number of hydrogen-bond donors (Lipinski definition) is 4. The summed E-state index contributed by atoms with van der Waals surface area (Å²) in [7, 11) is 0. The number of nitrogens with one attached hydrogen (secondary N) is 4. The Hall–Kier alpha value is -3.73. The van der Waals surface area contributed by atoms with Gasteiger partial charge in [0.1, 0.15) is 29.0 Å². The third-order valence-corrected chi connectivity index (χ3v) is 7.85. The van der Waals surface area contributed by atoms with Crippen molar-refractivity contribution in [1.82, 2.24) is 16.0 Å². The van der Waals surface area contributed by atoms with Crippen LogP contribution in [0, 0.1) is 5.92 Å². The number of thioether (sulfide) groups is 1. The number of hydrogen-bond acceptors (Lipinski definition) is 7. The van der Waals surface area contributed by atoms with Gasteiger partial charge in [-0.15, -0.1) is 0 Å². The van der Waals surface area contributed by atoms with Crippen LogP contribution >= 0.6 is 11.8 Å². The summed E-state index contributed by atoms with van der Waals surface area (Å²) in [6.07, 6.45) is 4.34. The average molecular weight is 699 g/mol. The molecule has 2 aromatic carbocycles. The Morgan fingerprint density at radius 2 is 1.49 bits per heavy atom. The van der Waals surface area contributed by atoms with Crippen LogP contribution in [0.5, 0.6) is 5.75 Å². The number of rotatable bonds is 18. The second-order valence-electron chi connectivity index (χ2n) is 14.6. The van der Waals surface area contributed by atoms with E-state index in [-0.39, 0.29) is 23.8 Å². The van der Waals surface area contributed by atoms with Gasteiger partial charge in [-0.25, -0.2) is 4.79 Å². The van der Waals surface area contributed by atoms with E-state index in [2.05, 4.69) is 35.1 Å². The minimum Gasteiger partial charge on any atom is -0.488 e. The van der Waals surface area contributed by atoms with Crippen molar-refractivity contribution in [2.45, 2.75) is 117 Å². The van der Waals surface area contributed by atoms with E-state index in [9.17, 15) is 19.2 Å². The Kier molecular flexibility index (Phi) is 17.0. The topological polar surface area (TPSA) is 135 Å². The number of anilines is 1. The summed E-state index contributed by atoms with van der Waals surface area (Å²) in [6, 6.07) is 13.0. The van der Waals surface area contributed by atoms with Crippen molar-refractivity contribution in [3.05, 3.63) is 59.7 Å². The predicted octanol–water partition coefficient (Wildman–Crippen LogP) is 6.66. The third kappa shape index (κ3) is 17.5. The first kappa shape index (κ1) is 41.4. The van der Waals surface area contributed by atoms with Crippen LogP contribution in [0.3, 0.4) is 0 Å². The van der Waals surface area contributed by atoms with Crippen molar-refractivity contribution in [2.24, 2.45) is 5.92 Å². The van der Waals surface area contributed by atoms with E-state index in [0.717, 1.165) is 17.5 Å². The van der Waals surface area contributed by atoms with Gasteiger partial charge < -0.3 is 30.7 Å². The maximum Gasteiger partial charge on any atom is 0.408 e. The van der Waals surface area contributed by atoms with Crippen LogP contribution in [-0.4, -0.2) is 65.7 Å². The largest absolute Gasteiger partial charge is 0.488 e. The maximum atomic E-state index is 13.8. The van der Waals surface area contributed by atoms with Crippen LogP contribution in [0.15, 0.2) is 48.5 Å². The predicted molar refractivity (Wildman–Crippen MR) is 199 cm³/mol. The number of amides is 4. The van der Waals surface area contributed by atoms with Gasteiger partial charge in [0.15, 0.2) is 0 Å². The Labute approximate surface area is 297 Å². The molecule has 0 aromatic heterocycles. The summed E-state index contributed by atoms with van der Waals surface area (Å²) in [5, 5.41) is 11.6. The summed E-state index contributed by atoms with van der Waals surface area (Å²) < 4.78 is 11.4. The molecular weight excluding hydrogens is 641 g/mol. The highest BCUT2D eigenvalue weighted by Crippen LogP contribution is 2.21. The van der Waals surface area contributed by atoms with E-state index >= 15 is 0 Å². The van der Waals surface area contributed by atoms with Crippen molar-refractivity contribution in [3.63, 3.8) is 0 Å². The van der Waals surface area contributed by atoms with Gasteiger partial charge >= 0.3 is 6.09 Å². The van der Waals surface area contributed by atoms with Gasteiger partial charge in [0.05, 0.1) is 0 Å². The van der Waals surface area contributed by atoms with Crippen LogP contribution in [0.2, 0.25) is 0 Å².